The SMILES string of the molecule is CC[C@@H](COc1ccccc1)[C@@H](C)Br. The highest BCUT2D eigenvalue weighted by atomic mass is 79.9. The van der Waals surface area contributed by atoms with E-state index in [0.29, 0.717) is 10.7 Å². The first kappa shape index (κ1) is 11.6. The van der Waals surface area contributed by atoms with Gasteiger partial charge in [0.1, 0.15) is 5.75 Å². The molecule has 0 saturated carbocycles. The molecule has 0 fully saturated rings. The van der Waals surface area contributed by atoms with Crippen LogP contribution in [0.4, 0.5) is 0 Å². The molecule has 0 unspecified atom stereocenters. The zero-order chi connectivity index (χ0) is 10.4. The summed E-state index contributed by atoms with van der Waals surface area (Å²) in [6, 6.07) is 9.97. The van der Waals surface area contributed by atoms with E-state index in [1.807, 2.05) is 30.3 Å². The van der Waals surface area contributed by atoms with Crippen molar-refractivity contribution in [1.82, 2.24) is 0 Å². The number of rotatable bonds is 5. The highest BCUT2D eigenvalue weighted by Gasteiger charge is 2.12. The molecule has 1 aromatic carbocycles. The van der Waals surface area contributed by atoms with Gasteiger partial charge in [0.2, 0.25) is 0 Å². The number of alkyl halides is 1. The molecule has 0 aliphatic heterocycles. The molecule has 1 nitrogen and oxygen atoms in total. The largest absolute Gasteiger partial charge is 0.493 e. The van der Waals surface area contributed by atoms with Crippen LogP contribution in [0.15, 0.2) is 30.3 Å². The standard InChI is InChI=1S/C12H17BrO/c1-3-11(10(2)13)9-14-12-7-5-4-6-8-12/h4-8,10-11H,3,9H2,1-2H3/t10-,11+/m1/s1. The Labute approximate surface area is 94.6 Å². The first-order valence-electron chi connectivity index (χ1n) is 5.06. The third-order valence-electron chi connectivity index (χ3n) is 2.38. The van der Waals surface area contributed by atoms with E-state index >= 15 is 0 Å². The lowest BCUT2D eigenvalue weighted by Gasteiger charge is -2.18. The fourth-order valence-corrected chi connectivity index (χ4v) is 1.82. The third-order valence-corrected chi connectivity index (χ3v) is 3.13. The van der Waals surface area contributed by atoms with Crippen LogP contribution in [0.2, 0.25) is 0 Å². The van der Waals surface area contributed by atoms with Gasteiger partial charge in [-0.15, -0.1) is 0 Å². The Morgan fingerprint density at radius 2 is 1.93 bits per heavy atom. The number of benzene rings is 1. The average Bonchev–Trinajstić information content (AvgIpc) is 2.20. The van der Waals surface area contributed by atoms with E-state index in [9.17, 15) is 0 Å². The minimum absolute atomic E-state index is 0.510. The van der Waals surface area contributed by atoms with Gasteiger partial charge in [0.25, 0.3) is 0 Å². The second kappa shape index (κ2) is 6.07. The Bertz CT molecular complexity index is 246. The smallest absolute Gasteiger partial charge is 0.119 e. The summed E-state index contributed by atoms with van der Waals surface area (Å²) in [5, 5.41) is 0. The van der Waals surface area contributed by atoms with Crippen molar-refractivity contribution in [3.8, 4) is 5.75 Å². The Balaban J connectivity index is 2.40. The molecule has 14 heavy (non-hydrogen) atoms. The normalized spacial score (nSPS) is 14.8. The van der Waals surface area contributed by atoms with E-state index in [4.69, 9.17) is 4.74 Å². The predicted molar refractivity (Wildman–Crippen MR) is 64.1 cm³/mol. The van der Waals surface area contributed by atoms with Gasteiger partial charge in [-0.1, -0.05) is 48.0 Å². The molecule has 0 saturated heterocycles. The van der Waals surface area contributed by atoms with Crippen molar-refractivity contribution in [2.75, 3.05) is 6.61 Å². The van der Waals surface area contributed by atoms with E-state index in [2.05, 4.69) is 29.8 Å². The molecule has 0 heterocycles. The first-order chi connectivity index (χ1) is 6.74. The van der Waals surface area contributed by atoms with Crippen LogP contribution in [0.5, 0.6) is 5.75 Å². The van der Waals surface area contributed by atoms with Gasteiger partial charge < -0.3 is 4.74 Å². The van der Waals surface area contributed by atoms with Crippen LogP contribution < -0.4 is 4.74 Å². The fourth-order valence-electron chi connectivity index (χ4n) is 1.30. The summed E-state index contributed by atoms with van der Waals surface area (Å²) in [6.07, 6.45) is 1.14. The zero-order valence-electron chi connectivity index (χ0n) is 8.74. The molecular weight excluding hydrogens is 240 g/mol. The number of halogens is 1. The topological polar surface area (TPSA) is 9.23 Å². The van der Waals surface area contributed by atoms with Crippen LogP contribution in [0.1, 0.15) is 20.3 Å². The minimum Gasteiger partial charge on any atom is -0.493 e. The molecule has 0 amide bonds. The van der Waals surface area contributed by atoms with Gasteiger partial charge in [-0.3, -0.25) is 0 Å². The van der Waals surface area contributed by atoms with E-state index in [1.54, 1.807) is 0 Å². The van der Waals surface area contributed by atoms with Crippen molar-refractivity contribution < 1.29 is 4.74 Å². The Morgan fingerprint density at radius 1 is 1.29 bits per heavy atom. The number of ether oxygens (including phenoxy) is 1. The van der Waals surface area contributed by atoms with Crippen molar-refractivity contribution in [3.05, 3.63) is 30.3 Å². The molecule has 0 aromatic heterocycles. The maximum absolute atomic E-state index is 5.69. The molecule has 0 radical (unpaired) electrons. The highest BCUT2D eigenvalue weighted by Crippen LogP contribution is 2.18. The summed E-state index contributed by atoms with van der Waals surface area (Å²) < 4.78 is 5.69. The molecular formula is C12H17BrO. The van der Waals surface area contributed by atoms with E-state index in [-0.39, 0.29) is 0 Å². The summed E-state index contributed by atoms with van der Waals surface area (Å²) in [7, 11) is 0. The van der Waals surface area contributed by atoms with Gasteiger partial charge >= 0.3 is 0 Å². The summed E-state index contributed by atoms with van der Waals surface area (Å²) in [5.74, 6) is 1.54. The van der Waals surface area contributed by atoms with Gasteiger partial charge in [0, 0.05) is 10.7 Å². The second-order valence-electron chi connectivity index (χ2n) is 3.47. The van der Waals surface area contributed by atoms with Crippen LogP contribution in [0.3, 0.4) is 0 Å². The maximum atomic E-state index is 5.69. The molecule has 78 valence electrons. The zero-order valence-corrected chi connectivity index (χ0v) is 10.3. The van der Waals surface area contributed by atoms with Gasteiger partial charge in [0.05, 0.1) is 6.61 Å². The molecule has 0 N–H and O–H groups in total. The molecule has 0 bridgehead atoms. The monoisotopic (exact) mass is 256 g/mol. The molecule has 2 heteroatoms. The fraction of sp³-hybridized carbons (Fsp3) is 0.500. The Hall–Kier alpha value is -0.500. The van der Waals surface area contributed by atoms with Crippen molar-refractivity contribution in [3.63, 3.8) is 0 Å². The van der Waals surface area contributed by atoms with Crippen LogP contribution in [-0.4, -0.2) is 11.4 Å². The van der Waals surface area contributed by atoms with Crippen molar-refractivity contribution in [2.45, 2.75) is 25.1 Å². The van der Waals surface area contributed by atoms with Crippen LogP contribution in [0.25, 0.3) is 0 Å². The molecule has 1 rings (SSSR count). The second-order valence-corrected chi connectivity index (χ2v) is 4.91. The molecule has 1 aromatic rings. The number of hydrogen-bond donors (Lipinski definition) is 0. The van der Waals surface area contributed by atoms with Gasteiger partial charge in [-0.2, -0.15) is 0 Å². The van der Waals surface area contributed by atoms with Crippen LogP contribution in [-0.2, 0) is 0 Å². The van der Waals surface area contributed by atoms with E-state index in [0.717, 1.165) is 18.8 Å². The average molecular weight is 257 g/mol. The maximum Gasteiger partial charge on any atom is 0.119 e. The lowest BCUT2D eigenvalue weighted by Crippen LogP contribution is -2.18. The van der Waals surface area contributed by atoms with Crippen LogP contribution >= 0.6 is 15.9 Å². The van der Waals surface area contributed by atoms with Crippen molar-refractivity contribution >= 4 is 15.9 Å². The van der Waals surface area contributed by atoms with Crippen molar-refractivity contribution in [1.29, 1.82) is 0 Å². The summed E-state index contributed by atoms with van der Waals surface area (Å²) in [5.41, 5.74) is 0. The highest BCUT2D eigenvalue weighted by molar-refractivity contribution is 9.09. The summed E-state index contributed by atoms with van der Waals surface area (Å²) in [4.78, 5) is 0.510. The lowest BCUT2D eigenvalue weighted by molar-refractivity contribution is 0.245. The van der Waals surface area contributed by atoms with E-state index in [1.165, 1.54) is 0 Å². The Kier molecular flexibility index (Phi) is 5.02. The third kappa shape index (κ3) is 3.70. The van der Waals surface area contributed by atoms with Gasteiger partial charge in [-0.25, -0.2) is 0 Å². The number of hydrogen-bond acceptors (Lipinski definition) is 1. The van der Waals surface area contributed by atoms with Gasteiger partial charge in [-0.05, 0) is 18.6 Å². The summed E-state index contributed by atoms with van der Waals surface area (Å²) in [6.45, 7) is 5.15. The predicted octanol–water partition coefficient (Wildman–Crippen LogP) is 3.88. The summed E-state index contributed by atoms with van der Waals surface area (Å²) >= 11 is 3.59. The first-order valence-corrected chi connectivity index (χ1v) is 5.97. The quantitative estimate of drug-likeness (QED) is 0.727. The lowest BCUT2D eigenvalue weighted by atomic mass is 10.1. The Morgan fingerprint density at radius 3 is 2.43 bits per heavy atom. The molecule has 0 aliphatic carbocycles. The minimum atomic E-state index is 0.510. The van der Waals surface area contributed by atoms with E-state index < -0.39 is 0 Å². The molecule has 2 atom stereocenters. The molecule has 0 aliphatic rings. The molecule has 0 spiro atoms. The van der Waals surface area contributed by atoms with Crippen LogP contribution in [0, 0.1) is 5.92 Å². The number of para-hydroxylation sites is 1. The van der Waals surface area contributed by atoms with Gasteiger partial charge in [0.15, 0.2) is 0 Å². The van der Waals surface area contributed by atoms with Crippen molar-refractivity contribution in [2.24, 2.45) is 5.92 Å².